The van der Waals surface area contributed by atoms with Gasteiger partial charge in [-0.3, -0.25) is 9.59 Å². The predicted molar refractivity (Wildman–Crippen MR) is 61.2 cm³/mol. The molecule has 0 fully saturated rings. The summed E-state index contributed by atoms with van der Waals surface area (Å²) in [5.74, 6) is -0.185. The topological polar surface area (TPSA) is 43.4 Å². The largest absolute Gasteiger partial charge is 0.426 e. The second kappa shape index (κ2) is 4.47. The number of benzene rings is 1. The van der Waals surface area contributed by atoms with Crippen molar-refractivity contribution in [3.05, 3.63) is 29.3 Å². The van der Waals surface area contributed by atoms with Crippen molar-refractivity contribution in [3.63, 3.8) is 0 Å². The Morgan fingerprint density at radius 1 is 1.31 bits per heavy atom. The average molecular weight is 219 g/mol. The molecule has 3 nitrogen and oxygen atoms in total. The van der Waals surface area contributed by atoms with Crippen LogP contribution < -0.4 is 4.74 Å². The molecular weight excluding hydrogens is 204 g/mol. The molecule has 0 unspecified atom stereocenters. The third kappa shape index (κ3) is 2.92. The fraction of sp³-hybridized carbons (Fsp3) is 0.385. The van der Waals surface area contributed by atoms with E-state index in [1.54, 1.807) is 18.4 Å². The molecule has 16 heavy (non-hydrogen) atoms. The number of carbonyl (C=O) groups excluding carboxylic acids is 2. The standard InChI is InChI=1S/C13H15O3/c1-9(15)16-12-6-5-11(13(2,3)4)7-10(12)8-14/h5-7H,1-4H3. The maximum absolute atomic E-state index is 10.8. The Kier molecular flexibility index (Phi) is 3.48. The van der Waals surface area contributed by atoms with Gasteiger partial charge in [0, 0.05) is 6.92 Å². The number of ether oxygens (including phenoxy) is 1. The van der Waals surface area contributed by atoms with Crippen LogP contribution in [0.5, 0.6) is 5.75 Å². The van der Waals surface area contributed by atoms with Crippen LogP contribution in [0.1, 0.15) is 38.8 Å². The van der Waals surface area contributed by atoms with Gasteiger partial charge in [-0.25, -0.2) is 0 Å². The highest BCUT2D eigenvalue weighted by molar-refractivity contribution is 5.82. The molecule has 3 heteroatoms. The van der Waals surface area contributed by atoms with Gasteiger partial charge in [0.2, 0.25) is 6.29 Å². The number of hydrogen-bond acceptors (Lipinski definition) is 3. The van der Waals surface area contributed by atoms with E-state index in [1.807, 2.05) is 26.8 Å². The van der Waals surface area contributed by atoms with E-state index in [0.717, 1.165) is 5.56 Å². The van der Waals surface area contributed by atoms with E-state index in [2.05, 4.69) is 0 Å². The van der Waals surface area contributed by atoms with E-state index in [0.29, 0.717) is 0 Å². The van der Waals surface area contributed by atoms with Crippen molar-refractivity contribution in [3.8, 4) is 5.75 Å². The normalized spacial score (nSPS) is 11.0. The summed E-state index contributed by atoms with van der Waals surface area (Å²) in [5, 5.41) is 0. The van der Waals surface area contributed by atoms with Gasteiger partial charge < -0.3 is 4.74 Å². The Balaban J connectivity index is 3.17. The number of carbonyl (C=O) groups is 1. The molecule has 0 spiro atoms. The Morgan fingerprint density at radius 2 is 1.94 bits per heavy atom. The molecule has 0 heterocycles. The molecule has 0 aliphatic heterocycles. The van der Waals surface area contributed by atoms with Crippen molar-refractivity contribution >= 4 is 12.3 Å². The van der Waals surface area contributed by atoms with Crippen molar-refractivity contribution in [1.82, 2.24) is 0 Å². The van der Waals surface area contributed by atoms with Gasteiger partial charge in [-0.1, -0.05) is 26.8 Å². The minimum absolute atomic E-state index is 0.0552. The summed E-state index contributed by atoms with van der Waals surface area (Å²) in [7, 11) is 0. The van der Waals surface area contributed by atoms with Crippen LogP contribution >= 0.6 is 0 Å². The second-order valence-corrected chi connectivity index (χ2v) is 4.66. The first kappa shape index (κ1) is 12.4. The van der Waals surface area contributed by atoms with Crippen LogP contribution in [0, 0.1) is 0 Å². The molecule has 0 atom stereocenters. The van der Waals surface area contributed by atoms with E-state index in [1.165, 1.54) is 6.92 Å². The highest BCUT2D eigenvalue weighted by Gasteiger charge is 2.16. The highest BCUT2D eigenvalue weighted by Crippen LogP contribution is 2.27. The van der Waals surface area contributed by atoms with Gasteiger partial charge in [-0.05, 0) is 23.1 Å². The van der Waals surface area contributed by atoms with E-state index in [4.69, 9.17) is 4.74 Å². The Morgan fingerprint density at radius 3 is 2.38 bits per heavy atom. The van der Waals surface area contributed by atoms with Crippen molar-refractivity contribution in [2.75, 3.05) is 0 Å². The molecule has 1 aromatic rings. The third-order valence-electron chi connectivity index (χ3n) is 2.21. The Bertz CT molecular complexity index is 414. The van der Waals surface area contributed by atoms with E-state index in [9.17, 15) is 9.59 Å². The fourth-order valence-corrected chi connectivity index (χ4v) is 1.32. The quantitative estimate of drug-likeness (QED) is 0.566. The Hall–Kier alpha value is -1.64. The maximum atomic E-state index is 10.8. The van der Waals surface area contributed by atoms with E-state index in [-0.39, 0.29) is 16.7 Å². The van der Waals surface area contributed by atoms with Crippen LogP contribution in [-0.4, -0.2) is 12.3 Å². The van der Waals surface area contributed by atoms with Gasteiger partial charge in [0.25, 0.3) is 0 Å². The molecule has 0 saturated heterocycles. The summed E-state index contributed by atoms with van der Waals surface area (Å²) < 4.78 is 4.90. The summed E-state index contributed by atoms with van der Waals surface area (Å²) in [6.07, 6.45) is 1.79. The van der Waals surface area contributed by atoms with Crippen LogP contribution in [-0.2, 0) is 15.0 Å². The fourth-order valence-electron chi connectivity index (χ4n) is 1.32. The molecule has 1 rings (SSSR count). The van der Waals surface area contributed by atoms with Crippen LogP contribution in [0.15, 0.2) is 18.2 Å². The van der Waals surface area contributed by atoms with Crippen LogP contribution in [0.25, 0.3) is 0 Å². The zero-order valence-corrected chi connectivity index (χ0v) is 9.96. The van der Waals surface area contributed by atoms with Crippen molar-refractivity contribution in [1.29, 1.82) is 0 Å². The monoisotopic (exact) mass is 219 g/mol. The molecular formula is C13H15O3. The van der Waals surface area contributed by atoms with E-state index < -0.39 is 5.97 Å². The molecule has 0 N–H and O–H groups in total. The van der Waals surface area contributed by atoms with Crippen LogP contribution in [0.3, 0.4) is 0 Å². The summed E-state index contributed by atoms with van der Waals surface area (Å²) in [5.41, 5.74) is 1.23. The lowest BCUT2D eigenvalue weighted by atomic mass is 9.86. The third-order valence-corrected chi connectivity index (χ3v) is 2.21. The molecule has 0 amide bonds. The van der Waals surface area contributed by atoms with Gasteiger partial charge in [-0.15, -0.1) is 0 Å². The smallest absolute Gasteiger partial charge is 0.308 e. The van der Waals surface area contributed by atoms with Crippen molar-refractivity contribution in [2.24, 2.45) is 0 Å². The van der Waals surface area contributed by atoms with Gasteiger partial charge in [0.1, 0.15) is 5.75 Å². The SMILES string of the molecule is CC(=O)Oc1ccc(C(C)(C)C)cc1[C]=O. The molecule has 1 aromatic carbocycles. The minimum Gasteiger partial charge on any atom is -0.426 e. The molecule has 0 aliphatic carbocycles. The first-order chi connectivity index (χ1) is 7.34. The predicted octanol–water partition coefficient (Wildman–Crippen LogP) is 2.37. The van der Waals surface area contributed by atoms with Gasteiger partial charge in [0.05, 0.1) is 5.56 Å². The molecule has 0 saturated carbocycles. The van der Waals surface area contributed by atoms with Crippen LogP contribution in [0.2, 0.25) is 0 Å². The summed E-state index contributed by atoms with van der Waals surface area (Å²) in [6.45, 7) is 7.43. The lowest BCUT2D eigenvalue weighted by molar-refractivity contribution is -0.131. The summed E-state index contributed by atoms with van der Waals surface area (Å²) in [4.78, 5) is 21.6. The first-order valence-corrected chi connectivity index (χ1v) is 5.05. The summed E-state index contributed by atoms with van der Waals surface area (Å²) >= 11 is 0. The number of hydrogen-bond donors (Lipinski definition) is 0. The second-order valence-electron chi connectivity index (χ2n) is 4.66. The van der Waals surface area contributed by atoms with Gasteiger partial charge >= 0.3 is 5.97 Å². The minimum atomic E-state index is -0.444. The molecule has 0 aliphatic rings. The van der Waals surface area contributed by atoms with Gasteiger partial charge in [-0.2, -0.15) is 0 Å². The highest BCUT2D eigenvalue weighted by atomic mass is 16.5. The Labute approximate surface area is 95.4 Å². The van der Waals surface area contributed by atoms with Crippen molar-refractivity contribution < 1.29 is 14.3 Å². The lowest BCUT2D eigenvalue weighted by Gasteiger charge is -2.19. The maximum Gasteiger partial charge on any atom is 0.308 e. The lowest BCUT2D eigenvalue weighted by Crippen LogP contribution is -2.12. The van der Waals surface area contributed by atoms with E-state index >= 15 is 0 Å². The summed E-state index contributed by atoms with van der Waals surface area (Å²) in [6, 6.07) is 5.17. The van der Waals surface area contributed by atoms with Crippen molar-refractivity contribution in [2.45, 2.75) is 33.1 Å². The zero-order chi connectivity index (χ0) is 12.3. The molecule has 0 bridgehead atoms. The molecule has 1 radical (unpaired) electrons. The number of rotatable bonds is 2. The van der Waals surface area contributed by atoms with Crippen LogP contribution in [0.4, 0.5) is 0 Å². The molecule has 0 aromatic heterocycles. The molecule has 85 valence electrons. The van der Waals surface area contributed by atoms with Gasteiger partial charge in [0.15, 0.2) is 0 Å². The number of esters is 1. The first-order valence-electron chi connectivity index (χ1n) is 5.05. The average Bonchev–Trinajstić information content (AvgIpc) is 2.15. The zero-order valence-electron chi connectivity index (χ0n) is 9.96.